The third kappa shape index (κ3) is 8.40. The minimum atomic E-state index is -3.18. The Bertz CT molecular complexity index is 944. The summed E-state index contributed by atoms with van der Waals surface area (Å²) in [6, 6.07) is 14.0. The zero-order chi connectivity index (χ0) is 20.6. The van der Waals surface area contributed by atoms with Gasteiger partial charge in [-0.1, -0.05) is 24.3 Å². The molecule has 0 radical (unpaired) electrons. The summed E-state index contributed by atoms with van der Waals surface area (Å²) in [4.78, 5) is 16.1. The van der Waals surface area contributed by atoms with Crippen LogP contribution in [0.4, 0.5) is 0 Å². The molecule has 2 rings (SSSR count). The van der Waals surface area contributed by atoms with Gasteiger partial charge in [0.05, 0.1) is 11.4 Å². The molecule has 0 atom stereocenters. The molecule has 0 aromatic heterocycles. The molecule has 2 aromatic carbocycles. The second-order valence-electron chi connectivity index (χ2n) is 6.35. The highest BCUT2D eigenvalue weighted by atomic mass is 127. The second kappa shape index (κ2) is 11.8. The van der Waals surface area contributed by atoms with Gasteiger partial charge >= 0.3 is 0 Å². The van der Waals surface area contributed by atoms with Crippen LogP contribution in [-0.4, -0.2) is 39.6 Å². The highest BCUT2D eigenvalue weighted by Gasteiger charge is 2.06. The highest BCUT2D eigenvalue weighted by Crippen LogP contribution is 2.10. The number of carbonyl (C=O) groups is 1. The van der Waals surface area contributed by atoms with Crippen LogP contribution in [0.2, 0.25) is 0 Å². The molecule has 9 heteroatoms. The van der Waals surface area contributed by atoms with Gasteiger partial charge in [0.1, 0.15) is 0 Å². The molecule has 0 aliphatic carbocycles. The van der Waals surface area contributed by atoms with E-state index in [4.69, 9.17) is 5.73 Å². The van der Waals surface area contributed by atoms with Crippen molar-refractivity contribution in [1.82, 2.24) is 10.6 Å². The van der Waals surface area contributed by atoms with E-state index in [-0.39, 0.29) is 24.0 Å². The van der Waals surface area contributed by atoms with Crippen LogP contribution < -0.4 is 16.4 Å². The molecule has 0 fully saturated rings. The van der Waals surface area contributed by atoms with E-state index >= 15 is 0 Å². The number of hydrogen-bond donors (Lipinski definition) is 3. The number of rotatable bonds is 8. The first-order valence-corrected chi connectivity index (χ1v) is 10.9. The van der Waals surface area contributed by atoms with Gasteiger partial charge in [0.2, 0.25) is 5.91 Å². The van der Waals surface area contributed by atoms with Crippen LogP contribution in [0.1, 0.15) is 28.4 Å². The van der Waals surface area contributed by atoms with E-state index < -0.39 is 15.7 Å². The van der Waals surface area contributed by atoms with E-state index in [1.54, 1.807) is 30.3 Å². The molecule has 0 heterocycles. The molecule has 29 heavy (non-hydrogen) atoms. The Balaban J connectivity index is 0.00000420. The lowest BCUT2D eigenvalue weighted by Gasteiger charge is -2.11. The number of hydrogen-bond acceptors (Lipinski definition) is 4. The van der Waals surface area contributed by atoms with Crippen molar-refractivity contribution in [2.45, 2.75) is 24.8 Å². The topological polar surface area (TPSA) is 114 Å². The predicted molar refractivity (Wildman–Crippen MR) is 126 cm³/mol. The highest BCUT2D eigenvalue weighted by molar-refractivity contribution is 14.0. The van der Waals surface area contributed by atoms with E-state index in [1.807, 2.05) is 25.1 Å². The molecule has 0 saturated carbocycles. The van der Waals surface area contributed by atoms with Gasteiger partial charge in [-0.2, -0.15) is 0 Å². The van der Waals surface area contributed by atoms with Crippen LogP contribution in [0.3, 0.4) is 0 Å². The number of primary amides is 1. The Labute approximate surface area is 189 Å². The van der Waals surface area contributed by atoms with Crippen molar-refractivity contribution in [3.63, 3.8) is 0 Å². The van der Waals surface area contributed by atoms with Gasteiger partial charge in [-0.25, -0.2) is 13.4 Å². The molecule has 1 amide bonds. The number of aliphatic imine (C=N–C) groups is 1. The number of nitrogens with zero attached hydrogens (tertiary/aromatic N) is 1. The molecular weight excluding hydrogens is 503 g/mol. The number of amides is 1. The summed E-state index contributed by atoms with van der Waals surface area (Å²) in [5.41, 5.74) is 7.69. The van der Waals surface area contributed by atoms with E-state index in [1.165, 1.54) is 6.26 Å². The van der Waals surface area contributed by atoms with Crippen molar-refractivity contribution in [3.8, 4) is 0 Å². The van der Waals surface area contributed by atoms with Crippen molar-refractivity contribution in [1.29, 1.82) is 0 Å². The molecule has 158 valence electrons. The second-order valence-corrected chi connectivity index (χ2v) is 8.37. The number of nitrogens with two attached hydrogens (primary N) is 1. The zero-order valence-electron chi connectivity index (χ0n) is 16.5. The van der Waals surface area contributed by atoms with Crippen LogP contribution in [0.25, 0.3) is 0 Å². The van der Waals surface area contributed by atoms with Crippen LogP contribution in [0, 0.1) is 0 Å². The number of benzene rings is 2. The van der Waals surface area contributed by atoms with E-state index in [2.05, 4.69) is 15.6 Å². The number of sulfone groups is 1. The summed E-state index contributed by atoms with van der Waals surface area (Å²) in [5, 5.41) is 6.42. The van der Waals surface area contributed by atoms with Crippen molar-refractivity contribution < 1.29 is 13.2 Å². The van der Waals surface area contributed by atoms with Gasteiger partial charge in [0, 0.05) is 24.9 Å². The van der Waals surface area contributed by atoms with E-state index in [0.29, 0.717) is 29.5 Å². The summed E-state index contributed by atoms with van der Waals surface area (Å²) in [6.07, 6.45) is 1.92. The smallest absolute Gasteiger partial charge is 0.248 e. The SMILES string of the molecule is CCNC(=NCc1cccc(C(N)=O)c1)NCCc1ccc(S(C)(=O)=O)cc1.I. The van der Waals surface area contributed by atoms with Gasteiger partial charge in [0.25, 0.3) is 0 Å². The number of guanidine groups is 1. The minimum Gasteiger partial charge on any atom is -0.366 e. The van der Waals surface area contributed by atoms with Crippen molar-refractivity contribution >= 4 is 45.7 Å². The van der Waals surface area contributed by atoms with Gasteiger partial charge < -0.3 is 16.4 Å². The Hall–Kier alpha value is -2.14. The number of halogens is 1. The van der Waals surface area contributed by atoms with Gasteiger partial charge in [-0.3, -0.25) is 4.79 Å². The van der Waals surface area contributed by atoms with E-state index in [9.17, 15) is 13.2 Å². The third-order valence-electron chi connectivity index (χ3n) is 4.03. The quantitative estimate of drug-likeness (QED) is 0.275. The van der Waals surface area contributed by atoms with Gasteiger partial charge in [0.15, 0.2) is 15.8 Å². The zero-order valence-corrected chi connectivity index (χ0v) is 19.7. The normalized spacial score (nSPS) is 11.4. The maximum absolute atomic E-state index is 11.5. The maximum Gasteiger partial charge on any atom is 0.248 e. The van der Waals surface area contributed by atoms with Crippen LogP contribution in [0.5, 0.6) is 0 Å². The van der Waals surface area contributed by atoms with Gasteiger partial charge in [-0.15, -0.1) is 24.0 Å². The summed E-state index contributed by atoms with van der Waals surface area (Å²) in [5.74, 6) is 0.206. The first-order valence-electron chi connectivity index (χ1n) is 8.99. The van der Waals surface area contributed by atoms with Crippen LogP contribution in [-0.2, 0) is 22.8 Å². The molecule has 4 N–H and O–H groups in total. The molecule has 0 aliphatic heterocycles. The minimum absolute atomic E-state index is 0. The summed E-state index contributed by atoms with van der Waals surface area (Å²) >= 11 is 0. The molecule has 0 unspecified atom stereocenters. The molecule has 7 nitrogen and oxygen atoms in total. The average Bonchev–Trinajstić information content (AvgIpc) is 2.66. The summed E-state index contributed by atoms with van der Waals surface area (Å²) in [7, 11) is -3.18. The third-order valence-corrected chi connectivity index (χ3v) is 5.16. The first-order chi connectivity index (χ1) is 13.3. The van der Waals surface area contributed by atoms with Crippen molar-refractivity contribution in [2.75, 3.05) is 19.3 Å². The molecular formula is C20H27IN4O3S. The fourth-order valence-corrected chi connectivity index (χ4v) is 3.19. The largest absolute Gasteiger partial charge is 0.366 e. The van der Waals surface area contributed by atoms with Crippen molar-refractivity contribution in [3.05, 3.63) is 65.2 Å². The maximum atomic E-state index is 11.5. The molecule has 0 aliphatic rings. The molecule has 2 aromatic rings. The van der Waals surface area contributed by atoms with Crippen molar-refractivity contribution in [2.24, 2.45) is 10.7 Å². The fourth-order valence-electron chi connectivity index (χ4n) is 2.56. The molecule has 0 saturated heterocycles. The fraction of sp³-hybridized carbons (Fsp3) is 0.300. The standard InChI is InChI=1S/C20H26N4O3S.HI/c1-3-22-20(24-14-16-5-4-6-17(13-16)19(21)25)23-12-11-15-7-9-18(10-8-15)28(2,26)27;/h4-10,13H,3,11-12,14H2,1-2H3,(H2,21,25)(H2,22,23,24);1H. The molecule has 0 spiro atoms. The Morgan fingerprint density at radius 2 is 1.76 bits per heavy atom. The average molecular weight is 530 g/mol. The number of nitrogens with one attached hydrogen (secondary N) is 2. The summed E-state index contributed by atoms with van der Waals surface area (Å²) in [6.45, 7) is 3.76. The van der Waals surface area contributed by atoms with Crippen LogP contribution in [0.15, 0.2) is 58.4 Å². The Kier molecular flexibility index (Phi) is 10.1. The lowest BCUT2D eigenvalue weighted by molar-refractivity contribution is 0.1000. The summed E-state index contributed by atoms with van der Waals surface area (Å²) < 4.78 is 23.0. The van der Waals surface area contributed by atoms with Gasteiger partial charge in [-0.05, 0) is 48.7 Å². The van der Waals surface area contributed by atoms with E-state index in [0.717, 1.165) is 24.1 Å². The number of carbonyl (C=O) groups excluding carboxylic acids is 1. The monoisotopic (exact) mass is 530 g/mol. The lowest BCUT2D eigenvalue weighted by Crippen LogP contribution is -2.38. The Morgan fingerprint density at radius 3 is 2.34 bits per heavy atom. The predicted octanol–water partition coefficient (Wildman–Crippen LogP) is 2.10. The van der Waals surface area contributed by atoms with Crippen LogP contribution >= 0.6 is 24.0 Å². The molecule has 0 bridgehead atoms. The lowest BCUT2D eigenvalue weighted by atomic mass is 10.1. The Morgan fingerprint density at radius 1 is 1.07 bits per heavy atom. The first kappa shape index (κ1) is 24.9.